The second-order valence-corrected chi connectivity index (χ2v) is 10.0. The summed E-state index contributed by atoms with van der Waals surface area (Å²) in [5.41, 5.74) is 3.86. The van der Waals surface area contributed by atoms with Crippen LogP contribution in [0.1, 0.15) is 67.8 Å². The number of carbonyl (C=O) groups excluding carboxylic acids is 2. The topological polar surface area (TPSA) is 95.9 Å². The van der Waals surface area contributed by atoms with E-state index in [-0.39, 0.29) is 12.3 Å². The van der Waals surface area contributed by atoms with Crippen molar-refractivity contribution in [1.29, 1.82) is 0 Å². The van der Waals surface area contributed by atoms with Crippen LogP contribution in [0.15, 0.2) is 72.8 Å². The number of hydrogen-bond acceptors (Lipinski definition) is 4. The van der Waals surface area contributed by atoms with E-state index in [2.05, 4.69) is 12.2 Å². The third-order valence-electron chi connectivity index (χ3n) is 7.01. The van der Waals surface area contributed by atoms with Crippen LogP contribution in [0, 0.1) is 0 Å². The third-order valence-corrected chi connectivity index (χ3v) is 7.01. The van der Waals surface area contributed by atoms with E-state index in [1.54, 1.807) is 29.2 Å². The number of rotatable bonds is 15. The first kappa shape index (κ1) is 30.4. The fraction of sp³-hybridized carbons (Fsp3) is 0.364. The summed E-state index contributed by atoms with van der Waals surface area (Å²) >= 11 is 0. The Labute approximate surface area is 237 Å². The van der Waals surface area contributed by atoms with Crippen LogP contribution in [-0.4, -0.2) is 43.1 Å². The average molecular weight is 545 g/mol. The number of carboxylic acid groups (broad SMARTS) is 1. The van der Waals surface area contributed by atoms with Crippen molar-refractivity contribution in [3.63, 3.8) is 0 Å². The van der Waals surface area contributed by atoms with Crippen LogP contribution in [0.2, 0.25) is 0 Å². The highest BCUT2D eigenvalue weighted by molar-refractivity contribution is 5.97. The summed E-state index contributed by atoms with van der Waals surface area (Å²) in [5, 5.41) is 12.3. The van der Waals surface area contributed by atoms with Gasteiger partial charge in [0.15, 0.2) is 0 Å². The lowest BCUT2D eigenvalue weighted by molar-refractivity contribution is -0.139. The normalized spacial score (nSPS) is 11.5. The molecule has 0 heterocycles. The number of nitrogens with zero attached hydrogens (tertiary/aromatic N) is 1. The first-order valence-corrected chi connectivity index (χ1v) is 14.0. The van der Waals surface area contributed by atoms with Crippen molar-refractivity contribution in [2.45, 2.75) is 64.3 Å². The smallest absolute Gasteiger partial charge is 0.326 e. The second kappa shape index (κ2) is 15.5. The van der Waals surface area contributed by atoms with Crippen LogP contribution in [0.3, 0.4) is 0 Å². The minimum absolute atomic E-state index is 0.110. The van der Waals surface area contributed by atoms with Crippen LogP contribution < -0.4 is 15.0 Å². The van der Waals surface area contributed by atoms with Gasteiger partial charge in [0.2, 0.25) is 5.91 Å². The molecule has 3 rings (SSSR count). The highest BCUT2D eigenvalue weighted by Gasteiger charge is 2.21. The molecule has 0 aliphatic carbocycles. The summed E-state index contributed by atoms with van der Waals surface area (Å²) < 4.78 is 5.15. The molecule has 7 heteroatoms. The lowest BCUT2D eigenvalue weighted by Gasteiger charge is -2.18. The van der Waals surface area contributed by atoms with Gasteiger partial charge in [0, 0.05) is 31.1 Å². The molecule has 0 bridgehead atoms. The Bertz CT molecular complexity index is 1270. The summed E-state index contributed by atoms with van der Waals surface area (Å²) in [7, 11) is 3.32. The van der Waals surface area contributed by atoms with Gasteiger partial charge in [0.05, 0.1) is 7.11 Å². The van der Waals surface area contributed by atoms with Gasteiger partial charge in [0.1, 0.15) is 11.8 Å². The van der Waals surface area contributed by atoms with Gasteiger partial charge in [-0.05, 0) is 53.4 Å². The number of carboxylic acids is 1. The quantitative estimate of drug-likeness (QED) is 0.213. The highest BCUT2D eigenvalue weighted by Crippen LogP contribution is 2.26. The van der Waals surface area contributed by atoms with E-state index in [1.165, 1.54) is 32.8 Å². The lowest BCUT2D eigenvalue weighted by atomic mass is 10.00. The van der Waals surface area contributed by atoms with Gasteiger partial charge in [-0.3, -0.25) is 9.59 Å². The van der Waals surface area contributed by atoms with E-state index in [0.717, 1.165) is 35.2 Å². The van der Waals surface area contributed by atoms with Gasteiger partial charge in [-0.25, -0.2) is 4.79 Å². The SMILES string of the molecule is CCCCCCCCC(=O)N(C)c1cccc(-c2ccc(CC(NC(=O)c3cccc(OC)c3)C(=O)O)cc2)c1. The molecule has 0 aliphatic rings. The minimum Gasteiger partial charge on any atom is -0.497 e. The zero-order valence-corrected chi connectivity index (χ0v) is 23.7. The van der Waals surface area contributed by atoms with Crippen LogP contribution in [-0.2, 0) is 16.0 Å². The van der Waals surface area contributed by atoms with Crippen molar-refractivity contribution in [1.82, 2.24) is 5.32 Å². The Hall–Kier alpha value is -4.13. The number of nitrogens with one attached hydrogen (secondary N) is 1. The van der Waals surface area contributed by atoms with Gasteiger partial charge in [-0.15, -0.1) is 0 Å². The number of hydrogen-bond donors (Lipinski definition) is 2. The maximum absolute atomic E-state index is 12.7. The summed E-state index contributed by atoms with van der Waals surface area (Å²) in [6, 6.07) is 20.9. The molecular formula is C33H40N2O5. The number of anilines is 1. The Balaban J connectivity index is 1.61. The molecule has 1 atom stereocenters. The molecule has 0 aliphatic heterocycles. The molecule has 2 N–H and O–H groups in total. The molecule has 3 aromatic carbocycles. The van der Waals surface area contributed by atoms with E-state index in [1.807, 2.05) is 55.6 Å². The first-order valence-electron chi connectivity index (χ1n) is 14.0. The highest BCUT2D eigenvalue weighted by atomic mass is 16.5. The molecule has 0 saturated heterocycles. The summed E-state index contributed by atoms with van der Waals surface area (Å²) in [4.78, 5) is 39.0. The first-order chi connectivity index (χ1) is 19.3. The van der Waals surface area contributed by atoms with Crippen molar-refractivity contribution in [3.05, 3.63) is 83.9 Å². The Kier molecular flexibility index (Phi) is 11.8. The van der Waals surface area contributed by atoms with Gasteiger partial charge in [-0.1, -0.05) is 81.5 Å². The van der Waals surface area contributed by atoms with Crippen LogP contribution in [0.5, 0.6) is 5.75 Å². The molecule has 0 saturated carbocycles. The second-order valence-electron chi connectivity index (χ2n) is 10.0. The van der Waals surface area contributed by atoms with Crippen molar-refractivity contribution in [2.75, 3.05) is 19.1 Å². The molecule has 7 nitrogen and oxygen atoms in total. The van der Waals surface area contributed by atoms with Crippen molar-refractivity contribution < 1.29 is 24.2 Å². The van der Waals surface area contributed by atoms with Gasteiger partial charge < -0.3 is 20.1 Å². The molecule has 0 aromatic heterocycles. The Morgan fingerprint density at radius 1 is 0.875 bits per heavy atom. The zero-order chi connectivity index (χ0) is 28.9. The standard InChI is InChI=1S/C33H40N2O5/c1-4-5-6-7-8-9-16-31(36)35(2)28-14-10-12-26(22-28)25-19-17-24(18-20-25)21-30(33(38)39)34-32(37)27-13-11-15-29(23-27)40-3/h10-15,17-20,22-23,30H,4-9,16,21H2,1-3H3,(H,34,37)(H,38,39). The monoisotopic (exact) mass is 544 g/mol. The fourth-order valence-electron chi connectivity index (χ4n) is 4.54. The number of aliphatic carboxylic acids is 1. The third kappa shape index (κ3) is 8.97. The fourth-order valence-corrected chi connectivity index (χ4v) is 4.54. The van der Waals surface area contributed by atoms with Crippen molar-refractivity contribution >= 4 is 23.5 Å². The summed E-state index contributed by atoms with van der Waals surface area (Å²) in [6.07, 6.45) is 7.55. The summed E-state index contributed by atoms with van der Waals surface area (Å²) in [5.74, 6) is -0.956. The molecule has 3 aromatic rings. The Morgan fingerprint density at radius 3 is 2.27 bits per heavy atom. The van der Waals surface area contributed by atoms with Gasteiger partial charge >= 0.3 is 5.97 Å². The molecular weight excluding hydrogens is 504 g/mol. The molecule has 0 radical (unpaired) electrons. The van der Waals surface area contributed by atoms with Gasteiger partial charge in [-0.2, -0.15) is 0 Å². The Morgan fingerprint density at radius 2 is 1.57 bits per heavy atom. The van der Waals surface area contributed by atoms with Crippen molar-refractivity contribution in [3.8, 4) is 16.9 Å². The number of methoxy groups -OCH3 is 1. The maximum Gasteiger partial charge on any atom is 0.326 e. The number of amides is 2. The molecule has 0 fully saturated rings. The average Bonchev–Trinajstić information content (AvgIpc) is 2.98. The number of ether oxygens (including phenoxy) is 1. The zero-order valence-electron chi connectivity index (χ0n) is 23.7. The van der Waals surface area contributed by atoms with Crippen LogP contribution >= 0.6 is 0 Å². The van der Waals surface area contributed by atoms with E-state index < -0.39 is 17.9 Å². The molecule has 1 unspecified atom stereocenters. The number of unbranched alkanes of at least 4 members (excludes halogenated alkanes) is 5. The summed E-state index contributed by atoms with van der Waals surface area (Å²) in [6.45, 7) is 2.20. The molecule has 40 heavy (non-hydrogen) atoms. The van der Waals surface area contributed by atoms with E-state index in [4.69, 9.17) is 4.74 Å². The lowest BCUT2D eigenvalue weighted by Crippen LogP contribution is -2.42. The van der Waals surface area contributed by atoms with Gasteiger partial charge in [0.25, 0.3) is 5.91 Å². The predicted octanol–water partition coefficient (Wildman–Crippen LogP) is 6.50. The predicted molar refractivity (Wildman–Crippen MR) is 159 cm³/mol. The van der Waals surface area contributed by atoms with Crippen LogP contribution in [0.4, 0.5) is 5.69 Å². The minimum atomic E-state index is -1.11. The molecule has 0 spiro atoms. The van der Waals surface area contributed by atoms with Crippen molar-refractivity contribution in [2.24, 2.45) is 0 Å². The maximum atomic E-state index is 12.7. The van der Waals surface area contributed by atoms with E-state index >= 15 is 0 Å². The molecule has 212 valence electrons. The van der Waals surface area contributed by atoms with E-state index in [9.17, 15) is 19.5 Å². The molecule has 2 amide bonds. The number of carbonyl (C=O) groups is 3. The van der Waals surface area contributed by atoms with E-state index in [0.29, 0.717) is 17.7 Å². The largest absolute Gasteiger partial charge is 0.497 e. The van der Waals surface area contributed by atoms with Crippen LogP contribution in [0.25, 0.3) is 11.1 Å². The number of benzene rings is 3.